The third kappa shape index (κ3) is 6.71. The van der Waals surface area contributed by atoms with Gasteiger partial charge in [-0.2, -0.15) is 0 Å². The number of hydrogen-bond donors (Lipinski definition) is 1. The van der Waals surface area contributed by atoms with Gasteiger partial charge < -0.3 is 19.7 Å². The minimum absolute atomic E-state index is 0.00635. The zero-order chi connectivity index (χ0) is 18.8. The number of benzene rings is 1. The van der Waals surface area contributed by atoms with Crippen molar-refractivity contribution in [2.45, 2.75) is 32.6 Å². The minimum Gasteiger partial charge on any atom is -0.493 e. The molecule has 1 aliphatic heterocycles. The minimum atomic E-state index is -0.104. The van der Waals surface area contributed by atoms with Gasteiger partial charge in [0.2, 0.25) is 0 Å². The topological polar surface area (TPSA) is 50.8 Å². The van der Waals surface area contributed by atoms with Gasteiger partial charge in [0.05, 0.1) is 7.11 Å². The van der Waals surface area contributed by atoms with E-state index in [1.54, 1.807) is 7.11 Å². The molecule has 1 atom stereocenters. The van der Waals surface area contributed by atoms with E-state index in [1.807, 2.05) is 24.3 Å². The predicted octanol–water partition coefficient (Wildman–Crippen LogP) is 3.04. The van der Waals surface area contributed by atoms with Crippen molar-refractivity contribution in [2.24, 2.45) is 5.92 Å². The lowest BCUT2D eigenvalue weighted by atomic mass is 10.1. The number of rotatable bonds is 10. The lowest BCUT2D eigenvalue weighted by Gasteiger charge is -2.29. The summed E-state index contributed by atoms with van der Waals surface area (Å²) in [5.41, 5.74) is 1.10. The van der Waals surface area contributed by atoms with E-state index in [0.29, 0.717) is 24.0 Å². The van der Waals surface area contributed by atoms with Gasteiger partial charge in [-0.15, -0.1) is 6.58 Å². The molecule has 0 saturated carbocycles. The predicted molar refractivity (Wildman–Crippen MR) is 105 cm³/mol. The van der Waals surface area contributed by atoms with Gasteiger partial charge in [-0.25, -0.2) is 0 Å². The number of methoxy groups -OCH3 is 1. The van der Waals surface area contributed by atoms with Gasteiger partial charge in [0.1, 0.15) is 0 Å². The molecule has 26 heavy (non-hydrogen) atoms. The van der Waals surface area contributed by atoms with E-state index in [-0.39, 0.29) is 12.5 Å². The van der Waals surface area contributed by atoms with Crippen molar-refractivity contribution in [3.8, 4) is 11.5 Å². The van der Waals surface area contributed by atoms with Gasteiger partial charge in [0.15, 0.2) is 18.1 Å². The van der Waals surface area contributed by atoms with Crippen molar-refractivity contribution < 1.29 is 14.3 Å². The summed E-state index contributed by atoms with van der Waals surface area (Å²) < 4.78 is 11.0. The highest BCUT2D eigenvalue weighted by atomic mass is 16.5. The second-order valence-corrected chi connectivity index (χ2v) is 7.04. The normalized spacial score (nSPS) is 15.9. The van der Waals surface area contributed by atoms with Crippen molar-refractivity contribution in [1.29, 1.82) is 0 Å². The van der Waals surface area contributed by atoms with Gasteiger partial charge in [-0.3, -0.25) is 4.79 Å². The maximum absolute atomic E-state index is 12.1. The Morgan fingerprint density at radius 1 is 1.31 bits per heavy atom. The molecule has 1 amide bonds. The first kappa shape index (κ1) is 20.3. The van der Waals surface area contributed by atoms with E-state index in [0.717, 1.165) is 18.5 Å². The SMILES string of the molecule is C=CCc1ccc(OCC(=O)NCC(C)CN2CCCCC2)c(OC)c1. The Morgan fingerprint density at radius 3 is 2.77 bits per heavy atom. The maximum Gasteiger partial charge on any atom is 0.257 e. The average molecular weight is 360 g/mol. The largest absolute Gasteiger partial charge is 0.493 e. The summed E-state index contributed by atoms with van der Waals surface area (Å²) >= 11 is 0. The molecule has 1 aromatic carbocycles. The fourth-order valence-electron chi connectivity index (χ4n) is 3.25. The number of nitrogens with one attached hydrogen (secondary N) is 1. The van der Waals surface area contributed by atoms with Crippen LogP contribution in [-0.2, 0) is 11.2 Å². The van der Waals surface area contributed by atoms with Crippen LogP contribution in [0.2, 0.25) is 0 Å². The molecule has 1 saturated heterocycles. The Kier molecular flexibility index (Phi) is 8.48. The highest BCUT2D eigenvalue weighted by molar-refractivity contribution is 5.77. The number of amides is 1. The Bertz CT molecular complexity index is 583. The average Bonchev–Trinajstić information content (AvgIpc) is 2.66. The van der Waals surface area contributed by atoms with Crippen LogP contribution >= 0.6 is 0 Å². The second-order valence-electron chi connectivity index (χ2n) is 7.04. The van der Waals surface area contributed by atoms with Crippen LogP contribution in [0.15, 0.2) is 30.9 Å². The van der Waals surface area contributed by atoms with E-state index >= 15 is 0 Å². The van der Waals surface area contributed by atoms with Crippen LogP contribution in [0.5, 0.6) is 11.5 Å². The molecule has 0 radical (unpaired) electrons. The van der Waals surface area contributed by atoms with Crippen LogP contribution in [0, 0.1) is 5.92 Å². The monoisotopic (exact) mass is 360 g/mol. The number of piperidine rings is 1. The highest BCUT2D eigenvalue weighted by Crippen LogP contribution is 2.28. The molecular formula is C21H32N2O3. The number of allylic oxidation sites excluding steroid dienone is 1. The lowest BCUT2D eigenvalue weighted by molar-refractivity contribution is -0.123. The van der Waals surface area contributed by atoms with E-state index in [2.05, 4.69) is 23.7 Å². The van der Waals surface area contributed by atoms with E-state index in [1.165, 1.54) is 32.4 Å². The third-order valence-electron chi connectivity index (χ3n) is 4.63. The molecule has 0 aliphatic carbocycles. The van der Waals surface area contributed by atoms with Crippen LogP contribution in [0.1, 0.15) is 31.7 Å². The second kappa shape index (κ2) is 10.9. The van der Waals surface area contributed by atoms with Crippen LogP contribution in [0.3, 0.4) is 0 Å². The zero-order valence-corrected chi connectivity index (χ0v) is 16.1. The summed E-state index contributed by atoms with van der Waals surface area (Å²) in [4.78, 5) is 14.6. The molecule has 2 rings (SSSR count). The van der Waals surface area contributed by atoms with Crippen LogP contribution in [0.4, 0.5) is 0 Å². The first-order valence-corrected chi connectivity index (χ1v) is 9.52. The number of ether oxygens (including phenoxy) is 2. The molecular weight excluding hydrogens is 328 g/mol. The van der Waals surface area contributed by atoms with Gasteiger partial charge in [-0.05, 0) is 56.0 Å². The molecule has 1 heterocycles. The highest BCUT2D eigenvalue weighted by Gasteiger charge is 2.14. The molecule has 0 bridgehead atoms. The number of carbonyl (C=O) groups excluding carboxylic acids is 1. The van der Waals surface area contributed by atoms with Crippen LogP contribution < -0.4 is 14.8 Å². The molecule has 0 spiro atoms. The number of nitrogens with zero attached hydrogens (tertiary/aromatic N) is 1. The van der Waals surface area contributed by atoms with Crippen LogP contribution in [-0.4, -0.2) is 50.7 Å². The van der Waals surface area contributed by atoms with Gasteiger partial charge in [0.25, 0.3) is 5.91 Å². The summed E-state index contributed by atoms with van der Waals surface area (Å²) in [6.07, 6.45) is 6.54. The van der Waals surface area contributed by atoms with Crippen molar-refractivity contribution in [3.63, 3.8) is 0 Å². The molecule has 1 fully saturated rings. The first-order chi connectivity index (χ1) is 12.6. The van der Waals surface area contributed by atoms with E-state index in [4.69, 9.17) is 9.47 Å². The number of likely N-dealkylation sites (tertiary alicyclic amines) is 1. The zero-order valence-electron chi connectivity index (χ0n) is 16.1. The molecule has 1 unspecified atom stereocenters. The molecule has 1 N–H and O–H groups in total. The summed E-state index contributed by atoms with van der Waals surface area (Å²) in [6, 6.07) is 5.71. The lowest BCUT2D eigenvalue weighted by Crippen LogP contribution is -2.39. The van der Waals surface area contributed by atoms with Crippen molar-refractivity contribution in [1.82, 2.24) is 10.2 Å². The van der Waals surface area contributed by atoms with Crippen molar-refractivity contribution in [3.05, 3.63) is 36.4 Å². The van der Waals surface area contributed by atoms with Gasteiger partial charge in [-0.1, -0.05) is 25.5 Å². The molecule has 1 aromatic rings. The summed E-state index contributed by atoms with van der Waals surface area (Å²) in [6.45, 7) is 9.99. The van der Waals surface area contributed by atoms with Crippen molar-refractivity contribution in [2.75, 3.05) is 39.9 Å². The fourth-order valence-corrected chi connectivity index (χ4v) is 3.25. The summed E-state index contributed by atoms with van der Waals surface area (Å²) in [5.74, 6) is 1.55. The van der Waals surface area contributed by atoms with Crippen LogP contribution in [0.25, 0.3) is 0 Å². The Labute approximate surface area is 157 Å². The van der Waals surface area contributed by atoms with Gasteiger partial charge in [0, 0.05) is 13.1 Å². The molecule has 5 nitrogen and oxygen atoms in total. The van der Waals surface area contributed by atoms with Gasteiger partial charge >= 0.3 is 0 Å². The quantitative estimate of drug-likeness (QED) is 0.652. The third-order valence-corrected chi connectivity index (χ3v) is 4.63. The Hall–Kier alpha value is -2.01. The molecule has 1 aliphatic rings. The first-order valence-electron chi connectivity index (χ1n) is 9.52. The smallest absolute Gasteiger partial charge is 0.257 e. The summed E-state index contributed by atoms with van der Waals surface area (Å²) in [7, 11) is 1.60. The molecule has 144 valence electrons. The molecule has 5 heteroatoms. The van der Waals surface area contributed by atoms with E-state index < -0.39 is 0 Å². The summed E-state index contributed by atoms with van der Waals surface area (Å²) in [5, 5.41) is 2.97. The number of carbonyl (C=O) groups is 1. The Morgan fingerprint density at radius 2 is 2.08 bits per heavy atom. The number of hydrogen-bond acceptors (Lipinski definition) is 4. The van der Waals surface area contributed by atoms with Crippen molar-refractivity contribution >= 4 is 5.91 Å². The fraction of sp³-hybridized carbons (Fsp3) is 0.571. The standard InChI is InChI=1S/C21H32N2O3/c1-4-8-18-9-10-19(20(13-18)25-3)26-16-21(24)22-14-17(2)15-23-11-6-5-7-12-23/h4,9-10,13,17H,1,5-8,11-12,14-16H2,2-3H3,(H,22,24). The maximum atomic E-state index is 12.1. The van der Waals surface area contributed by atoms with E-state index in [9.17, 15) is 4.79 Å². The molecule has 0 aromatic heterocycles. The Balaban J connectivity index is 1.73.